The standard InChI is InChI=1S/C31H34N2O4/c1-7-36-25-16-20-17-30(2,3)33-27(26(20)23-18-31(4,5)37-28(23)25)19-13-14-22(29(34)35-6)24(15-19)32-21-11-9-8-10-12-21/h8-16,32H,7,17-18H2,1-6H3. The number of carbonyl (C=O) groups excluding carboxylic acids is 1. The summed E-state index contributed by atoms with van der Waals surface area (Å²) in [7, 11) is 1.40. The fourth-order valence-corrected chi connectivity index (χ4v) is 5.30. The van der Waals surface area contributed by atoms with Crippen LogP contribution in [0.15, 0.2) is 59.6 Å². The Balaban J connectivity index is 1.69. The van der Waals surface area contributed by atoms with Crippen molar-refractivity contribution in [2.45, 2.75) is 58.6 Å². The van der Waals surface area contributed by atoms with E-state index >= 15 is 0 Å². The smallest absolute Gasteiger partial charge is 0.339 e. The second-order valence-corrected chi connectivity index (χ2v) is 10.9. The van der Waals surface area contributed by atoms with Gasteiger partial charge in [-0.3, -0.25) is 4.99 Å². The Morgan fingerprint density at radius 3 is 2.51 bits per heavy atom. The van der Waals surface area contributed by atoms with Crippen molar-refractivity contribution in [1.29, 1.82) is 0 Å². The summed E-state index contributed by atoms with van der Waals surface area (Å²) >= 11 is 0. The van der Waals surface area contributed by atoms with Gasteiger partial charge in [-0.15, -0.1) is 0 Å². The number of methoxy groups -OCH3 is 1. The van der Waals surface area contributed by atoms with Gasteiger partial charge in [-0.05, 0) is 76.9 Å². The molecular formula is C31H34N2O4. The van der Waals surface area contributed by atoms with Gasteiger partial charge in [-0.1, -0.05) is 24.3 Å². The van der Waals surface area contributed by atoms with E-state index in [4.69, 9.17) is 19.2 Å². The number of aliphatic imine (C=N–C) groups is 1. The number of hydrogen-bond donors (Lipinski definition) is 1. The van der Waals surface area contributed by atoms with E-state index < -0.39 is 5.97 Å². The summed E-state index contributed by atoms with van der Waals surface area (Å²) < 4.78 is 17.5. The molecule has 192 valence electrons. The highest BCUT2D eigenvalue weighted by Gasteiger charge is 2.40. The zero-order valence-corrected chi connectivity index (χ0v) is 22.4. The Morgan fingerprint density at radius 2 is 1.81 bits per heavy atom. The molecule has 37 heavy (non-hydrogen) atoms. The lowest BCUT2D eigenvalue weighted by molar-refractivity contribution is 0.0602. The predicted molar refractivity (Wildman–Crippen MR) is 147 cm³/mol. The van der Waals surface area contributed by atoms with E-state index in [0.717, 1.165) is 52.4 Å². The Morgan fingerprint density at radius 1 is 1.05 bits per heavy atom. The van der Waals surface area contributed by atoms with Gasteiger partial charge in [0.25, 0.3) is 0 Å². The second-order valence-electron chi connectivity index (χ2n) is 10.9. The molecule has 0 bridgehead atoms. The van der Waals surface area contributed by atoms with Crippen LogP contribution in [-0.4, -0.2) is 36.5 Å². The fraction of sp³-hybridized carbons (Fsp3) is 0.355. The van der Waals surface area contributed by atoms with Gasteiger partial charge in [0.15, 0.2) is 11.5 Å². The number of hydrogen-bond acceptors (Lipinski definition) is 6. The van der Waals surface area contributed by atoms with Gasteiger partial charge in [-0.2, -0.15) is 0 Å². The second kappa shape index (κ2) is 9.25. The molecular weight excluding hydrogens is 464 g/mol. The molecule has 0 radical (unpaired) electrons. The fourth-order valence-electron chi connectivity index (χ4n) is 5.30. The van der Waals surface area contributed by atoms with E-state index in [-0.39, 0.29) is 11.1 Å². The molecule has 0 fully saturated rings. The van der Waals surface area contributed by atoms with Crippen molar-refractivity contribution in [3.63, 3.8) is 0 Å². The van der Waals surface area contributed by atoms with Gasteiger partial charge in [0.2, 0.25) is 0 Å². The van der Waals surface area contributed by atoms with Gasteiger partial charge in [-0.25, -0.2) is 4.79 Å². The summed E-state index contributed by atoms with van der Waals surface area (Å²) in [6.07, 6.45) is 1.56. The molecule has 0 atom stereocenters. The van der Waals surface area contributed by atoms with Crippen LogP contribution in [0, 0.1) is 0 Å². The predicted octanol–water partition coefficient (Wildman–Crippen LogP) is 6.50. The summed E-state index contributed by atoms with van der Waals surface area (Å²) in [5.41, 5.74) is 6.65. The van der Waals surface area contributed by atoms with Crippen LogP contribution in [0.1, 0.15) is 67.2 Å². The van der Waals surface area contributed by atoms with Crippen molar-refractivity contribution in [2.24, 2.45) is 4.99 Å². The van der Waals surface area contributed by atoms with Crippen LogP contribution in [-0.2, 0) is 17.6 Å². The molecule has 0 aromatic heterocycles. The van der Waals surface area contributed by atoms with E-state index in [2.05, 4.69) is 39.1 Å². The van der Waals surface area contributed by atoms with Crippen molar-refractivity contribution in [2.75, 3.05) is 19.0 Å². The third kappa shape index (κ3) is 4.80. The van der Waals surface area contributed by atoms with E-state index in [1.165, 1.54) is 12.7 Å². The SMILES string of the molecule is CCOc1cc2c(c3c1OC(C)(C)C3)C(c1ccc(C(=O)OC)c(Nc3ccccc3)c1)=NC(C)(C)C2. The quantitative estimate of drug-likeness (QED) is 0.393. The zero-order valence-electron chi connectivity index (χ0n) is 22.4. The number of ether oxygens (including phenoxy) is 3. The van der Waals surface area contributed by atoms with E-state index in [0.29, 0.717) is 17.9 Å². The molecule has 0 saturated heterocycles. The lowest BCUT2D eigenvalue weighted by Gasteiger charge is -2.31. The Hall–Kier alpha value is -3.80. The number of benzene rings is 3. The number of nitrogens with zero attached hydrogens (tertiary/aromatic N) is 1. The zero-order chi connectivity index (χ0) is 26.4. The first-order chi connectivity index (χ1) is 17.6. The van der Waals surface area contributed by atoms with Crippen LogP contribution in [0.25, 0.3) is 0 Å². The molecule has 3 aromatic rings. The summed E-state index contributed by atoms with van der Waals surface area (Å²) in [5, 5.41) is 3.40. The van der Waals surface area contributed by atoms with Crippen LogP contribution < -0.4 is 14.8 Å². The topological polar surface area (TPSA) is 69.2 Å². The first-order valence-electron chi connectivity index (χ1n) is 12.8. The number of rotatable bonds is 6. The number of anilines is 2. The average molecular weight is 499 g/mol. The molecule has 0 aliphatic carbocycles. The molecule has 2 aliphatic rings. The van der Waals surface area contributed by atoms with Crippen LogP contribution in [0.5, 0.6) is 11.5 Å². The number of nitrogens with one attached hydrogen (secondary N) is 1. The minimum absolute atomic E-state index is 0.303. The minimum atomic E-state index is -0.395. The first kappa shape index (κ1) is 24.9. The molecule has 6 heteroatoms. The molecule has 1 N–H and O–H groups in total. The largest absolute Gasteiger partial charge is 0.490 e. The van der Waals surface area contributed by atoms with E-state index in [9.17, 15) is 4.79 Å². The van der Waals surface area contributed by atoms with Crippen molar-refractivity contribution in [3.05, 3.63) is 82.4 Å². The van der Waals surface area contributed by atoms with Crippen molar-refractivity contribution < 1.29 is 19.0 Å². The van der Waals surface area contributed by atoms with Gasteiger partial charge >= 0.3 is 5.97 Å². The van der Waals surface area contributed by atoms with Gasteiger partial charge in [0.05, 0.1) is 36.2 Å². The maximum atomic E-state index is 12.6. The van der Waals surface area contributed by atoms with Crippen LogP contribution >= 0.6 is 0 Å². The van der Waals surface area contributed by atoms with Gasteiger partial charge < -0.3 is 19.5 Å². The van der Waals surface area contributed by atoms with Crippen LogP contribution in [0.2, 0.25) is 0 Å². The molecule has 0 unspecified atom stereocenters. The summed E-state index contributed by atoms with van der Waals surface area (Å²) in [6.45, 7) is 11.1. The summed E-state index contributed by atoms with van der Waals surface area (Å²) in [6, 6.07) is 17.7. The Kier molecular flexibility index (Phi) is 6.22. The molecule has 5 rings (SSSR count). The van der Waals surface area contributed by atoms with Crippen LogP contribution in [0.4, 0.5) is 11.4 Å². The molecule has 3 aromatic carbocycles. The van der Waals surface area contributed by atoms with Gasteiger partial charge in [0.1, 0.15) is 5.60 Å². The summed E-state index contributed by atoms with van der Waals surface area (Å²) in [4.78, 5) is 17.9. The molecule has 2 aliphatic heterocycles. The van der Waals surface area contributed by atoms with Crippen molar-refractivity contribution in [3.8, 4) is 11.5 Å². The number of para-hydroxylation sites is 1. The maximum absolute atomic E-state index is 12.6. The molecule has 0 spiro atoms. The first-order valence-corrected chi connectivity index (χ1v) is 12.8. The van der Waals surface area contributed by atoms with Gasteiger partial charge in [0, 0.05) is 28.8 Å². The third-order valence-corrected chi connectivity index (χ3v) is 6.73. The lowest BCUT2D eigenvalue weighted by Crippen LogP contribution is -2.30. The van der Waals surface area contributed by atoms with Crippen LogP contribution in [0.3, 0.4) is 0 Å². The summed E-state index contributed by atoms with van der Waals surface area (Å²) in [5.74, 6) is 1.21. The van der Waals surface area contributed by atoms with Crippen molar-refractivity contribution >= 4 is 23.1 Å². The molecule has 2 heterocycles. The highest BCUT2D eigenvalue weighted by Crippen LogP contribution is 2.48. The minimum Gasteiger partial charge on any atom is -0.490 e. The Labute approximate surface area is 218 Å². The van der Waals surface area contributed by atoms with Crippen molar-refractivity contribution in [1.82, 2.24) is 0 Å². The molecule has 0 saturated carbocycles. The number of esters is 1. The monoisotopic (exact) mass is 498 g/mol. The van der Waals surface area contributed by atoms with E-state index in [1.807, 2.05) is 55.5 Å². The molecule has 6 nitrogen and oxygen atoms in total. The normalized spacial score (nSPS) is 16.6. The highest BCUT2D eigenvalue weighted by atomic mass is 16.5. The third-order valence-electron chi connectivity index (χ3n) is 6.73. The highest BCUT2D eigenvalue weighted by molar-refractivity contribution is 6.17. The number of fused-ring (bicyclic) bond motifs is 3. The Bertz CT molecular complexity index is 1390. The molecule has 0 amide bonds. The van der Waals surface area contributed by atoms with E-state index in [1.54, 1.807) is 0 Å². The lowest BCUT2D eigenvalue weighted by atomic mass is 9.80. The number of carbonyl (C=O) groups is 1. The maximum Gasteiger partial charge on any atom is 0.339 e. The average Bonchev–Trinajstić information content (AvgIpc) is 3.18.